The minimum Gasteiger partial charge on any atom is -0.466 e. The number of carbonyl (C=O) groups is 2. The molecule has 2 aliphatic heterocycles. The molecule has 6 heteroatoms. The highest BCUT2D eigenvalue weighted by molar-refractivity contribution is 6.07. The Morgan fingerprint density at radius 1 is 0.931 bits per heavy atom. The smallest absolute Gasteiger partial charge is 0.356 e. The van der Waals surface area contributed by atoms with Gasteiger partial charge in [0.2, 0.25) is 0 Å². The number of ether oxygens (including phenoxy) is 2. The van der Waals surface area contributed by atoms with E-state index in [4.69, 9.17) is 9.47 Å². The summed E-state index contributed by atoms with van der Waals surface area (Å²) in [7, 11) is 2.62. The second-order valence-corrected chi connectivity index (χ2v) is 7.04. The fourth-order valence-corrected chi connectivity index (χ4v) is 4.90. The molecule has 2 heterocycles. The van der Waals surface area contributed by atoms with Gasteiger partial charge in [-0.15, -0.1) is 0 Å². The van der Waals surface area contributed by atoms with Crippen LogP contribution in [0.3, 0.4) is 0 Å². The number of fused-ring (bicyclic) bond motifs is 7. The highest BCUT2D eigenvalue weighted by Crippen LogP contribution is 2.60. The van der Waals surface area contributed by atoms with Gasteiger partial charge in [0.05, 0.1) is 31.2 Å². The van der Waals surface area contributed by atoms with Crippen molar-refractivity contribution in [1.82, 2.24) is 5.01 Å². The Balaban J connectivity index is 1.96. The van der Waals surface area contributed by atoms with Gasteiger partial charge in [-0.1, -0.05) is 54.6 Å². The molecule has 29 heavy (non-hydrogen) atoms. The molecule has 0 N–H and O–H groups in total. The van der Waals surface area contributed by atoms with Crippen molar-refractivity contribution >= 4 is 18.2 Å². The van der Waals surface area contributed by atoms with Crippen molar-refractivity contribution in [2.75, 3.05) is 14.2 Å². The topological polar surface area (TPSA) is 68.2 Å². The van der Waals surface area contributed by atoms with Gasteiger partial charge in [0.15, 0.2) is 5.70 Å². The van der Waals surface area contributed by atoms with Crippen molar-refractivity contribution in [2.24, 2.45) is 5.10 Å². The quantitative estimate of drug-likeness (QED) is 0.743. The minimum absolute atomic E-state index is 0.108. The first kappa shape index (κ1) is 17.4. The zero-order chi connectivity index (χ0) is 20.2. The third kappa shape index (κ3) is 2.03. The number of methoxy groups -OCH3 is 2. The molecular weight excluding hydrogens is 368 g/mol. The zero-order valence-electron chi connectivity index (χ0n) is 16.0. The number of nitrogens with zero attached hydrogens (tertiary/aromatic N) is 2. The summed E-state index contributed by atoms with van der Waals surface area (Å²) in [5, 5.41) is 6.01. The number of benzene rings is 2. The van der Waals surface area contributed by atoms with Crippen molar-refractivity contribution in [1.29, 1.82) is 0 Å². The van der Waals surface area contributed by atoms with E-state index in [0.717, 1.165) is 22.3 Å². The van der Waals surface area contributed by atoms with Crippen molar-refractivity contribution in [3.05, 3.63) is 83.1 Å². The van der Waals surface area contributed by atoms with Crippen molar-refractivity contribution in [3.8, 4) is 11.1 Å². The summed E-state index contributed by atoms with van der Waals surface area (Å²) in [5.41, 5.74) is 3.36. The Morgan fingerprint density at radius 3 is 2.10 bits per heavy atom. The average Bonchev–Trinajstić information content (AvgIpc) is 3.25. The number of allylic oxidation sites excluding steroid dienone is 1. The number of carbonyl (C=O) groups excluding carboxylic acids is 2. The molecule has 1 spiro atoms. The van der Waals surface area contributed by atoms with Crippen molar-refractivity contribution < 1.29 is 19.1 Å². The van der Waals surface area contributed by atoms with Gasteiger partial charge in [-0.3, -0.25) is 0 Å². The second-order valence-electron chi connectivity index (χ2n) is 7.04. The highest BCUT2D eigenvalue weighted by atomic mass is 16.5. The molecule has 3 aliphatic rings. The minimum atomic E-state index is -0.932. The number of hydrogen-bond acceptors (Lipinski definition) is 6. The molecule has 2 aromatic rings. The summed E-state index contributed by atoms with van der Waals surface area (Å²) in [6.45, 7) is 0. The maximum atomic E-state index is 13.2. The van der Waals surface area contributed by atoms with Crippen LogP contribution in [-0.2, 0) is 24.5 Å². The maximum Gasteiger partial charge on any atom is 0.356 e. The first-order valence-electron chi connectivity index (χ1n) is 9.27. The number of esters is 2. The predicted octanol–water partition coefficient (Wildman–Crippen LogP) is 2.79. The molecule has 1 atom stereocenters. The van der Waals surface area contributed by atoms with E-state index in [2.05, 4.69) is 5.10 Å². The SMILES string of the molecule is COC(=O)C1=C(C(=O)OC)C2(c3ccccc3-c3ccccc32)[C@@H]2C=CC=NN12. The number of hydrogen-bond donors (Lipinski definition) is 0. The standard InChI is InChI=1S/C23H18N2O4/c1-28-21(26)19-20(22(27)29-2)25-18(12-7-13-24-25)23(19)16-10-5-3-8-14(16)15-9-4-6-11-17(15)23/h3-13,18H,1-2H3/t18-/m0/s1. The van der Waals surface area contributed by atoms with E-state index in [1.807, 2.05) is 60.7 Å². The van der Waals surface area contributed by atoms with Crippen LogP contribution in [0.2, 0.25) is 0 Å². The summed E-state index contributed by atoms with van der Waals surface area (Å²) in [6.07, 6.45) is 5.40. The number of rotatable bonds is 2. The van der Waals surface area contributed by atoms with Crippen LogP contribution in [0.1, 0.15) is 11.1 Å². The Kier molecular flexibility index (Phi) is 3.71. The lowest BCUT2D eigenvalue weighted by atomic mass is 9.68. The normalized spacial score (nSPS) is 19.8. The molecule has 144 valence electrons. The summed E-state index contributed by atoms with van der Waals surface area (Å²) >= 11 is 0. The molecule has 0 amide bonds. The predicted molar refractivity (Wildman–Crippen MR) is 107 cm³/mol. The van der Waals surface area contributed by atoms with Gasteiger partial charge in [0, 0.05) is 6.21 Å². The average molecular weight is 386 g/mol. The van der Waals surface area contributed by atoms with Crippen LogP contribution in [0.25, 0.3) is 11.1 Å². The maximum absolute atomic E-state index is 13.2. The lowest BCUT2D eigenvalue weighted by Crippen LogP contribution is -2.44. The Labute approximate surface area is 167 Å². The molecule has 0 radical (unpaired) electrons. The van der Waals surface area contributed by atoms with Gasteiger partial charge in [-0.2, -0.15) is 5.10 Å². The van der Waals surface area contributed by atoms with E-state index in [0.29, 0.717) is 0 Å². The van der Waals surface area contributed by atoms with E-state index in [1.165, 1.54) is 14.2 Å². The fourth-order valence-electron chi connectivity index (χ4n) is 4.90. The molecular formula is C23H18N2O4. The molecule has 0 aromatic heterocycles. The van der Waals surface area contributed by atoms with Crippen LogP contribution in [0.4, 0.5) is 0 Å². The van der Waals surface area contributed by atoms with Gasteiger partial charge in [0.1, 0.15) is 0 Å². The van der Waals surface area contributed by atoms with Gasteiger partial charge in [0.25, 0.3) is 0 Å². The number of hydrazone groups is 1. The van der Waals surface area contributed by atoms with E-state index < -0.39 is 23.4 Å². The van der Waals surface area contributed by atoms with Gasteiger partial charge in [-0.25, -0.2) is 14.6 Å². The summed E-state index contributed by atoms with van der Waals surface area (Å²) < 4.78 is 10.2. The van der Waals surface area contributed by atoms with Crippen molar-refractivity contribution in [3.63, 3.8) is 0 Å². The van der Waals surface area contributed by atoms with Crippen LogP contribution in [0.5, 0.6) is 0 Å². The van der Waals surface area contributed by atoms with Crippen LogP contribution >= 0.6 is 0 Å². The third-order valence-electron chi connectivity index (χ3n) is 5.90. The zero-order valence-corrected chi connectivity index (χ0v) is 16.0. The summed E-state index contributed by atoms with van der Waals surface area (Å²) in [4.78, 5) is 26.0. The molecule has 6 nitrogen and oxygen atoms in total. The van der Waals surface area contributed by atoms with Gasteiger partial charge < -0.3 is 9.47 Å². The van der Waals surface area contributed by atoms with Crippen LogP contribution in [0, 0.1) is 0 Å². The molecule has 1 aliphatic carbocycles. The second kappa shape index (κ2) is 6.17. The fraction of sp³-hybridized carbons (Fsp3) is 0.174. The monoisotopic (exact) mass is 386 g/mol. The van der Waals surface area contributed by atoms with Gasteiger partial charge in [-0.05, 0) is 28.3 Å². The molecule has 0 fully saturated rings. The Bertz CT molecular complexity index is 1100. The lowest BCUT2D eigenvalue weighted by molar-refractivity contribution is -0.140. The third-order valence-corrected chi connectivity index (χ3v) is 5.90. The molecule has 0 bridgehead atoms. The van der Waals surface area contributed by atoms with E-state index in [-0.39, 0.29) is 11.3 Å². The van der Waals surface area contributed by atoms with Crippen LogP contribution in [0.15, 0.2) is 77.1 Å². The van der Waals surface area contributed by atoms with Crippen molar-refractivity contribution in [2.45, 2.75) is 11.5 Å². The van der Waals surface area contributed by atoms with Gasteiger partial charge >= 0.3 is 11.9 Å². The van der Waals surface area contributed by atoms with E-state index in [9.17, 15) is 9.59 Å². The van der Waals surface area contributed by atoms with E-state index >= 15 is 0 Å². The molecule has 5 rings (SSSR count). The first-order chi connectivity index (χ1) is 14.2. The van der Waals surface area contributed by atoms with Crippen LogP contribution < -0.4 is 0 Å². The highest BCUT2D eigenvalue weighted by Gasteiger charge is 2.62. The summed E-state index contributed by atoms with van der Waals surface area (Å²) in [5.74, 6) is -1.20. The Hall–Kier alpha value is -3.67. The van der Waals surface area contributed by atoms with Crippen LogP contribution in [-0.4, -0.2) is 43.4 Å². The molecule has 2 aromatic carbocycles. The molecule has 0 saturated heterocycles. The lowest BCUT2D eigenvalue weighted by Gasteiger charge is -2.36. The molecule has 0 unspecified atom stereocenters. The first-order valence-corrected chi connectivity index (χ1v) is 9.27. The summed E-state index contributed by atoms with van der Waals surface area (Å²) in [6, 6.07) is 15.5. The largest absolute Gasteiger partial charge is 0.466 e. The van der Waals surface area contributed by atoms with E-state index in [1.54, 1.807) is 11.2 Å². The molecule has 0 saturated carbocycles. The Morgan fingerprint density at radius 2 is 1.52 bits per heavy atom.